The largest absolute Gasteiger partial charge is 0.480 e. The highest BCUT2D eigenvalue weighted by atomic mass is 32.1. The van der Waals surface area contributed by atoms with Crippen molar-refractivity contribution in [2.45, 2.75) is 105 Å². The fourth-order valence-electron chi connectivity index (χ4n) is 4.76. The third-order valence-corrected chi connectivity index (χ3v) is 6.94. The highest BCUT2D eigenvalue weighted by Crippen LogP contribution is 2.21. The van der Waals surface area contributed by atoms with Crippen LogP contribution < -0.4 is 22.1 Å². The summed E-state index contributed by atoms with van der Waals surface area (Å²) in [5.74, 6) is -2.81. The number of amides is 4. The molecule has 0 aromatic heterocycles. The second-order valence-electron chi connectivity index (χ2n) is 13.6. The monoisotopic (exact) mass is 754 g/mol. The van der Waals surface area contributed by atoms with Gasteiger partial charge in [0.15, 0.2) is 0 Å². The van der Waals surface area contributed by atoms with Gasteiger partial charge in [-0.15, -0.1) is 0 Å². The maximum atomic E-state index is 12.0. The number of esters is 1. The van der Waals surface area contributed by atoms with E-state index in [2.05, 4.69) is 10.6 Å². The lowest BCUT2D eigenvalue weighted by Gasteiger charge is -2.23. The van der Waals surface area contributed by atoms with Crippen molar-refractivity contribution in [2.24, 2.45) is 11.5 Å². The van der Waals surface area contributed by atoms with Crippen molar-refractivity contribution >= 4 is 62.9 Å². The number of primary amides is 2. The number of carbonyl (C=O) groups is 6. The van der Waals surface area contributed by atoms with Gasteiger partial charge in [-0.2, -0.15) is 27.0 Å². The van der Waals surface area contributed by atoms with Crippen LogP contribution in [-0.4, -0.2) is 71.4 Å². The standard InChI is InChI=1S/C18H26N2O5.C17H24N2O5.2H2S/c1-10-7-12(15(19)21)8-11(2)13(10)9-14(16(22)24-6)20-17(23)25-18(3,4)5;1-9-6-11(14(18)20)7-10(2)12(9)8-13(15(21)22)19-16(23)24-17(3,4)5;;/h7-8,14H,9H2,1-6H3,(H2,19,21)(H,20,23);6-7,13H,8H2,1-5H3,(H2,18,20)(H,19,23)(H,21,22);2*1H2/t14-;13-;;/m00../s1. The van der Waals surface area contributed by atoms with Crippen LogP contribution in [0.2, 0.25) is 0 Å². The summed E-state index contributed by atoms with van der Waals surface area (Å²) in [6, 6.07) is 4.49. The van der Waals surface area contributed by atoms with Gasteiger partial charge in [-0.05, 0) is 127 Å². The molecule has 0 unspecified atom stereocenters. The number of carbonyl (C=O) groups excluding carboxylic acids is 5. The van der Waals surface area contributed by atoms with Crippen LogP contribution in [-0.2, 0) is 36.6 Å². The second kappa shape index (κ2) is 20.4. The third-order valence-electron chi connectivity index (χ3n) is 6.94. The molecular formula is C35H54N4O10S2. The Labute approximate surface area is 313 Å². The molecule has 0 heterocycles. The van der Waals surface area contributed by atoms with E-state index in [0.717, 1.165) is 33.4 Å². The van der Waals surface area contributed by atoms with Gasteiger partial charge in [0.25, 0.3) is 0 Å². The van der Waals surface area contributed by atoms with Crippen LogP contribution in [0.3, 0.4) is 0 Å². The summed E-state index contributed by atoms with van der Waals surface area (Å²) in [5.41, 5.74) is 14.6. The molecule has 0 aliphatic rings. The van der Waals surface area contributed by atoms with Crippen molar-refractivity contribution in [1.29, 1.82) is 0 Å². The van der Waals surface area contributed by atoms with Gasteiger partial charge < -0.3 is 41.4 Å². The first-order chi connectivity index (χ1) is 22.3. The number of carboxylic acid groups (broad SMARTS) is 1. The molecule has 0 aliphatic carbocycles. The number of benzene rings is 2. The fourth-order valence-corrected chi connectivity index (χ4v) is 4.76. The number of hydrogen-bond donors (Lipinski definition) is 5. The van der Waals surface area contributed by atoms with E-state index in [1.807, 2.05) is 13.8 Å². The Morgan fingerprint density at radius 1 is 0.647 bits per heavy atom. The van der Waals surface area contributed by atoms with Crippen LogP contribution in [0, 0.1) is 27.7 Å². The Morgan fingerprint density at radius 2 is 0.941 bits per heavy atom. The van der Waals surface area contributed by atoms with Gasteiger partial charge in [-0.25, -0.2) is 19.2 Å². The predicted octanol–water partition coefficient (Wildman–Crippen LogP) is 4.16. The van der Waals surface area contributed by atoms with Crippen LogP contribution in [0.4, 0.5) is 9.59 Å². The molecule has 0 bridgehead atoms. The van der Waals surface area contributed by atoms with Crippen LogP contribution in [0.15, 0.2) is 24.3 Å². The molecule has 0 saturated heterocycles. The zero-order chi connectivity index (χ0) is 38.0. The van der Waals surface area contributed by atoms with Crippen molar-refractivity contribution in [2.75, 3.05) is 7.11 Å². The van der Waals surface area contributed by atoms with Crippen LogP contribution in [0.5, 0.6) is 0 Å². The van der Waals surface area contributed by atoms with Gasteiger partial charge in [-0.1, -0.05) is 0 Å². The van der Waals surface area contributed by atoms with Crippen LogP contribution in [0.25, 0.3) is 0 Å². The van der Waals surface area contributed by atoms with Gasteiger partial charge in [0.05, 0.1) is 7.11 Å². The SMILES string of the molecule is COC(=O)[C@H](Cc1c(C)cc(C(N)=O)cc1C)NC(=O)OC(C)(C)C.Cc1cc(C(N)=O)cc(C)c1C[C@H](NC(=O)OC(C)(C)C)C(=O)O.S.S. The van der Waals surface area contributed by atoms with Crippen LogP contribution >= 0.6 is 27.0 Å². The normalized spacial score (nSPS) is 11.8. The Balaban J connectivity index is 0. The van der Waals surface area contributed by atoms with Crippen molar-refractivity contribution < 1.29 is 48.1 Å². The van der Waals surface area contributed by atoms with E-state index in [0.29, 0.717) is 11.1 Å². The molecular weight excluding hydrogens is 701 g/mol. The second-order valence-corrected chi connectivity index (χ2v) is 13.6. The number of alkyl carbamates (subject to hydrolysis) is 2. The molecule has 51 heavy (non-hydrogen) atoms. The number of aryl methyl sites for hydroxylation is 4. The van der Waals surface area contributed by atoms with E-state index < -0.39 is 59.2 Å². The van der Waals surface area contributed by atoms with Crippen molar-refractivity contribution in [3.63, 3.8) is 0 Å². The van der Waals surface area contributed by atoms with Gasteiger partial charge in [0.2, 0.25) is 11.8 Å². The minimum atomic E-state index is -1.17. The number of carboxylic acids is 1. The summed E-state index contributed by atoms with van der Waals surface area (Å²) < 4.78 is 15.1. The van der Waals surface area contributed by atoms with Crippen molar-refractivity contribution in [1.82, 2.24) is 10.6 Å². The number of hydrogen-bond acceptors (Lipinski definition) is 9. The van der Waals surface area contributed by atoms with E-state index in [1.54, 1.807) is 79.7 Å². The fraction of sp³-hybridized carbons (Fsp3) is 0.486. The number of nitrogens with two attached hydrogens (primary N) is 2. The van der Waals surface area contributed by atoms with E-state index in [1.165, 1.54) is 7.11 Å². The number of ether oxygens (including phenoxy) is 3. The van der Waals surface area contributed by atoms with Gasteiger partial charge >= 0.3 is 24.1 Å². The van der Waals surface area contributed by atoms with Crippen molar-refractivity contribution in [3.05, 3.63) is 68.8 Å². The molecule has 2 aromatic carbocycles. The Morgan fingerprint density at radius 3 is 1.20 bits per heavy atom. The summed E-state index contributed by atoms with van der Waals surface area (Å²) in [4.78, 5) is 69.9. The van der Waals surface area contributed by atoms with Crippen molar-refractivity contribution in [3.8, 4) is 0 Å². The first kappa shape index (κ1) is 48.7. The minimum absolute atomic E-state index is 0. The van der Waals surface area contributed by atoms with E-state index in [4.69, 9.17) is 25.7 Å². The molecule has 2 aromatic rings. The molecule has 0 saturated carbocycles. The third kappa shape index (κ3) is 16.9. The summed E-state index contributed by atoms with van der Waals surface area (Å²) >= 11 is 0. The lowest BCUT2D eigenvalue weighted by atomic mass is 9.94. The van der Waals surface area contributed by atoms with E-state index in [-0.39, 0.29) is 39.8 Å². The highest BCUT2D eigenvalue weighted by Gasteiger charge is 2.27. The topological polar surface area (TPSA) is 226 Å². The molecule has 4 amide bonds. The van der Waals surface area contributed by atoms with Gasteiger partial charge in [-0.3, -0.25) is 9.59 Å². The Bertz CT molecular complexity index is 1540. The molecule has 14 nitrogen and oxygen atoms in total. The lowest BCUT2D eigenvalue weighted by molar-refractivity contribution is -0.143. The Hall–Kier alpha value is -4.44. The molecule has 2 atom stereocenters. The number of methoxy groups -OCH3 is 1. The number of nitrogens with one attached hydrogen (secondary N) is 2. The maximum Gasteiger partial charge on any atom is 0.408 e. The number of rotatable bonds is 10. The van der Waals surface area contributed by atoms with E-state index >= 15 is 0 Å². The zero-order valence-corrected chi connectivity index (χ0v) is 33.2. The quantitative estimate of drug-likeness (QED) is 0.172. The maximum absolute atomic E-state index is 12.0. The molecule has 2 rings (SSSR count). The number of aliphatic carboxylic acids is 1. The van der Waals surface area contributed by atoms with Gasteiger partial charge in [0, 0.05) is 24.0 Å². The minimum Gasteiger partial charge on any atom is -0.480 e. The summed E-state index contributed by atoms with van der Waals surface area (Å²) in [5, 5.41) is 14.3. The summed E-state index contributed by atoms with van der Waals surface area (Å²) in [6.07, 6.45) is -1.21. The average molecular weight is 755 g/mol. The summed E-state index contributed by atoms with van der Waals surface area (Å²) in [7, 11) is 1.25. The van der Waals surface area contributed by atoms with Gasteiger partial charge in [0.1, 0.15) is 23.3 Å². The molecule has 286 valence electrons. The molecule has 16 heteroatoms. The predicted molar refractivity (Wildman–Crippen MR) is 203 cm³/mol. The Kier molecular flexibility index (Phi) is 19.5. The summed E-state index contributed by atoms with van der Waals surface area (Å²) in [6.45, 7) is 17.4. The first-order valence-electron chi connectivity index (χ1n) is 15.4. The first-order valence-corrected chi connectivity index (χ1v) is 15.4. The smallest absolute Gasteiger partial charge is 0.408 e. The van der Waals surface area contributed by atoms with Crippen LogP contribution in [0.1, 0.15) is 95.6 Å². The molecule has 0 fully saturated rings. The molecule has 0 spiro atoms. The zero-order valence-electron chi connectivity index (χ0n) is 31.2. The lowest BCUT2D eigenvalue weighted by Crippen LogP contribution is -2.45. The highest BCUT2D eigenvalue weighted by molar-refractivity contribution is 7.59. The molecule has 0 aliphatic heterocycles. The average Bonchev–Trinajstić information content (AvgIpc) is 2.93. The molecule has 0 radical (unpaired) electrons. The van der Waals surface area contributed by atoms with E-state index in [9.17, 15) is 33.9 Å². The molecule has 7 N–H and O–H groups in total.